The minimum atomic E-state index is -0.854. The summed E-state index contributed by atoms with van der Waals surface area (Å²) < 4.78 is 5.35. The van der Waals surface area contributed by atoms with Crippen LogP contribution in [0.5, 0.6) is 0 Å². The van der Waals surface area contributed by atoms with Crippen LogP contribution in [0.15, 0.2) is 49.1 Å². The summed E-state index contributed by atoms with van der Waals surface area (Å²) >= 11 is 1.36. The number of hydrogen-bond acceptors (Lipinski definition) is 3. The van der Waals surface area contributed by atoms with Gasteiger partial charge in [0.15, 0.2) is 0 Å². The van der Waals surface area contributed by atoms with Crippen molar-refractivity contribution in [1.82, 2.24) is 14.1 Å². The molecule has 1 aromatic carbocycles. The van der Waals surface area contributed by atoms with Crippen molar-refractivity contribution < 1.29 is 9.90 Å². The minimum Gasteiger partial charge on any atom is -0.477 e. The van der Waals surface area contributed by atoms with Crippen molar-refractivity contribution in [3.05, 3.63) is 59.5 Å². The molecular weight excluding hydrogens is 394 g/mol. The highest BCUT2D eigenvalue weighted by Gasteiger charge is 2.17. The molecule has 1 N–H and O–H groups in total. The maximum Gasteiger partial charge on any atom is 0.345 e. The Kier molecular flexibility index (Phi) is 6.04. The van der Waals surface area contributed by atoms with Crippen molar-refractivity contribution in [3.8, 4) is 16.9 Å². The molecule has 0 bridgehead atoms. The summed E-state index contributed by atoms with van der Waals surface area (Å²) in [5.41, 5.74) is 5.66. The van der Waals surface area contributed by atoms with Crippen molar-refractivity contribution in [2.24, 2.45) is 0 Å². The molecule has 0 atom stereocenters. The van der Waals surface area contributed by atoms with Gasteiger partial charge in [-0.2, -0.15) is 0 Å². The molecule has 0 amide bonds. The molecule has 0 aliphatic carbocycles. The van der Waals surface area contributed by atoms with E-state index in [1.807, 2.05) is 16.8 Å². The highest BCUT2D eigenvalue weighted by molar-refractivity contribution is 7.20. The van der Waals surface area contributed by atoms with Gasteiger partial charge in [-0.3, -0.25) is 0 Å². The monoisotopic (exact) mass is 421 g/mol. The molecule has 0 saturated carbocycles. The van der Waals surface area contributed by atoms with E-state index < -0.39 is 5.97 Å². The number of thiophene rings is 1. The average molecular weight is 422 g/mol. The van der Waals surface area contributed by atoms with Crippen LogP contribution in [0.4, 0.5) is 0 Å². The topological polar surface area (TPSA) is 60.0 Å². The molecule has 0 aliphatic heterocycles. The van der Waals surface area contributed by atoms with Gasteiger partial charge in [-0.05, 0) is 43.2 Å². The maximum absolute atomic E-state index is 11.5. The van der Waals surface area contributed by atoms with E-state index in [9.17, 15) is 9.90 Å². The van der Waals surface area contributed by atoms with Crippen LogP contribution >= 0.6 is 11.3 Å². The van der Waals surface area contributed by atoms with Crippen LogP contribution in [0.3, 0.4) is 0 Å². The number of carbonyl (C=O) groups is 1. The predicted molar refractivity (Wildman–Crippen MR) is 123 cm³/mol. The van der Waals surface area contributed by atoms with Crippen LogP contribution < -0.4 is 0 Å². The molecule has 3 heterocycles. The van der Waals surface area contributed by atoms with Crippen molar-refractivity contribution in [1.29, 1.82) is 0 Å². The largest absolute Gasteiger partial charge is 0.477 e. The number of aromatic carboxylic acids is 1. The van der Waals surface area contributed by atoms with E-state index in [1.54, 1.807) is 12.5 Å². The highest BCUT2D eigenvalue weighted by atomic mass is 32.1. The number of hydrogen-bond donors (Lipinski definition) is 1. The first-order valence-electron chi connectivity index (χ1n) is 10.5. The fourth-order valence-electron chi connectivity index (χ4n) is 3.99. The van der Waals surface area contributed by atoms with Gasteiger partial charge in [-0.1, -0.05) is 38.7 Å². The number of carboxylic acids is 1. The van der Waals surface area contributed by atoms with Gasteiger partial charge >= 0.3 is 5.97 Å². The highest BCUT2D eigenvalue weighted by Crippen LogP contribution is 2.36. The summed E-state index contributed by atoms with van der Waals surface area (Å²) in [6, 6.07) is 10.4. The Hall–Kier alpha value is -2.86. The summed E-state index contributed by atoms with van der Waals surface area (Å²) in [7, 11) is 0. The van der Waals surface area contributed by atoms with E-state index in [0.29, 0.717) is 4.88 Å². The van der Waals surface area contributed by atoms with Crippen LogP contribution in [0.2, 0.25) is 0 Å². The zero-order chi connectivity index (χ0) is 21.1. The normalized spacial score (nSPS) is 11.4. The second kappa shape index (κ2) is 8.88. The van der Waals surface area contributed by atoms with Crippen molar-refractivity contribution >= 4 is 27.5 Å². The van der Waals surface area contributed by atoms with E-state index in [1.165, 1.54) is 53.8 Å². The second-order valence-electron chi connectivity index (χ2n) is 7.73. The Balaban J connectivity index is 1.71. The first-order valence-corrected chi connectivity index (χ1v) is 11.4. The van der Waals surface area contributed by atoms with Crippen LogP contribution in [0.25, 0.3) is 27.2 Å². The zero-order valence-electron chi connectivity index (χ0n) is 17.5. The summed E-state index contributed by atoms with van der Waals surface area (Å²) in [5.74, 6) is -0.854. The van der Waals surface area contributed by atoms with Crippen LogP contribution in [0.1, 0.15) is 54.3 Å². The van der Waals surface area contributed by atoms with Gasteiger partial charge in [0.1, 0.15) is 4.88 Å². The number of imidazole rings is 1. The molecule has 5 nitrogen and oxygen atoms in total. The first-order chi connectivity index (χ1) is 14.6. The van der Waals surface area contributed by atoms with Gasteiger partial charge < -0.3 is 14.2 Å². The number of fused-ring (bicyclic) bond motifs is 1. The SMILES string of the molecule is CCCCCCCn1c(-c2ccc(-n3ccnc3)cc2C)cc2sc(C(=O)O)cc21. The van der Waals surface area contributed by atoms with E-state index >= 15 is 0 Å². The molecule has 0 spiro atoms. The number of carboxylic acid groups (broad SMARTS) is 1. The van der Waals surface area contributed by atoms with Crippen LogP contribution in [-0.4, -0.2) is 25.2 Å². The molecule has 0 fully saturated rings. The number of benzene rings is 1. The number of aromatic nitrogens is 3. The molecule has 156 valence electrons. The van der Waals surface area contributed by atoms with E-state index in [-0.39, 0.29) is 0 Å². The molecular formula is C24H27N3O2S. The van der Waals surface area contributed by atoms with Crippen LogP contribution in [0, 0.1) is 6.92 Å². The standard InChI is InChI=1S/C24H27N3O2S/c1-3-4-5-6-7-11-27-20(14-22-21(27)15-23(30-22)24(28)29)19-9-8-18(13-17(19)2)26-12-10-25-16-26/h8-10,12-16H,3-7,11H2,1-2H3,(H,28,29). The number of rotatable bonds is 9. The summed E-state index contributed by atoms with van der Waals surface area (Å²) in [4.78, 5) is 16.0. The summed E-state index contributed by atoms with van der Waals surface area (Å²) in [5, 5.41) is 9.41. The quantitative estimate of drug-likeness (QED) is 0.312. The number of unbranched alkanes of at least 4 members (excludes halogenated alkanes) is 4. The Morgan fingerprint density at radius 3 is 2.67 bits per heavy atom. The second-order valence-corrected chi connectivity index (χ2v) is 8.81. The van der Waals surface area contributed by atoms with Gasteiger partial charge in [-0.25, -0.2) is 9.78 Å². The van der Waals surface area contributed by atoms with E-state index in [0.717, 1.165) is 28.9 Å². The van der Waals surface area contributed by atoms with Gasteiger partial charge in [0.2, 0.25) is 0 Å². The fourth-order valence-corrected chi connectivity index (χ4v) is 4.93. The van der Waals surface area contributed by atoms with Gasteiger partial charge in [-0.15, -0.1) is 11.3 Å². The molecule has 0 unspecified atom stereocenters. The molecule has 0 aliphatic rings. The molecule has 6 heteroatoms. The number of aryl methyl sites for hydroxylation is 2. The Morgan fingerprint density at radius 2 is 1.97 bits per heavy atom. The minimum absolute atomic E-state index is 0.401. The molecule has 4 rings (SSSR count). The third kappa shape index (κ3) is 4.05. The van der Waals surface area contributed by atoms with Crippen molar-refractivity contribution in [2.45, 2.75) is 52.5 Å². The van der Waals surface area contributed by atoms with Gasteiger partial charge in [0.05, 0.1) is 22.2 Å². The third-order valence-corrected chi connectivity index (χ3v) is 6.63. The maximum atomic E-state index is 11.5. The van der Waals surface area contributed by atoms with Gasteiger partial charge in [0, 0.05) is 30.2 Å². The summed E-state index contributed by atoms with van der Waals surface area (Å²) in [6.45, 7) is 5.26. The fraction of sp³-hybridized carbons (Fsp3) is 0.333. The predicted octanol–water partition coefficient (Wildman–Crippen LogP) is 6.53. The summed E-state index contributed by atoms with van der Waals surface area (Å²) in [6.07, 6.45) is 11.6. The molecule has 30 heavy (non-hydrogen) atoms. The lowest BCUT2D eigenvalue weighted by Gasteiger charge is -2.14. The molecule has 4 aromatic rings. The lowest BCUT2D eigenvalue weighted by atomic mass is 10.0. The van der Waals surface area contributed by atoms with E-state index in [4.69, 9.17) is 0 Å². The van der Waals surface area contributed by atoms with E-state index in [2.05, 4.69) is 47.7 Å². The molecule has 0 saturated heterocycles. The lowest BCUT2D eigenvalue weighted by Crippen LogP contribution is -2.02. The zero-order valence-corrected chi connectivity index (χ0v) is 18.3. The molecule has 3 aromatic heterocycles. The number of nitrogens with zero attached hydrogens (tertiary/aromatic N) is 3. The third-order valence-electron chi connectivity index (χ3n) is 5.57. The van der Waals surface area contributed by atoms with Crippen LogP contribution in [-0.2, 0) is 6.54 Å². The molecule has 0 radical (unpaired) electrons. The van der Waals surface area contributed by atoms with Crippen molar-refractivity contribution in [3.63, 3.8) is 0 Å². The average Bonchev–Trinajstić information content (AvgIpc) is 3.45. The first kappa shape index (κ1) is 20.4. The Labute approximate surface area is 180 Å². The van der Waals surface area contributed by atoms with Gasteiger partial charge in [0.25, 0.3) is 0 Å². The lowest BCUT2D eigenvalue weighted by molar-refractivity contribution is 0.0702. The van der Waals surface area contributed by atoms with Crippen molar-refractivity contribution in [2.75, 3.05) is 0 Å². The smallest absolute Gasteiger partial charge is 0.345 e. The Bertz CT molecular complexity index is 1160. The Morgan fingerprint density at radius 1 is 1.13 bits per heavy atom.